The zero-order valence-corrected chi connectivity index (χ0v) is 71.5. The molecule has 0 saturated carbocycles. The number of nitrogens with one attached hydrogen (secondary N) is 1. The van der Waals surface area contributed by atoms with Gasteiger partial charge in [-0.15, -0.1) is 19.7 Å². The van der Waals surface area contributed by atoms with Gasteiger partial charge in [-0.3, -0.25) is 48.8 Å². The molecule has 6 amide bonds. The molecule has 7 atom stereocenters. The number of carboxylic acids is 1. The number of aliphatic hydroxyl groups excluding tert-OH is 2. The maximum atomic E-state index is 12.7. The average Bonchev–Trinajstić information content (AvgIpc) is 1.54. The van der Waals surface area contributed by atoms with Crippen molar-refractivity contribution in [2.45, 2.75) is 233 Å². The summed E-state index contributed by atoms with van der Waals surface area (Å²) in [5.41, 5.74) is 1.91. The predicted octanol–water partition coefficient (Wildman–Crippen LogP) is 12.4. The molecule has 21 nitrogen and oxygen atoms in total. The van der Waals surface area contributed by atoms with Crippen LogP contribution in [-0.4, -0.2) is 171 Å². The van der Waals surface area contributed by atoms with Gasteiger partial charge in [-0.05, 0) is 66.2 Å². The Balaban J connectivity index is -0.000000496. The van der Waals surface area contributed by atoms with Crippen molar-refractivity contribution in [2.24, 2.45) is 65.8 Å². The molecule has 92 heavy (non-hydrogen) atoms. The Morgan fingerprint density at radius 1 is 0.728 bits per heavy atom. The fourth-order valence-electron chi connectivity index (χ4n) is 9.98. The third kappa shape index (κ3) is 20.9. The van der Waals surface area contributed by atoms with Crippen molar-refractivity contribution in [3.05, 3.63) is 38.0 Å². The van der Waals surface area contributed by atoms with E-state index in [4.69, 9.17) is 21.2 Å². The number of hydrogen-bond acceptors (Lipinski definition) is 14. The van der Waals surface area contributed by atoms with Crippen molar-refractivity contribution in [1.29, 1.82) is 0 Å². The van der Waals surface area contributed by atoms with Gasteiger partial charge >= 0.3 is 70.8 Å². The molecule has 4 aliphatic heterocycles. The van der Waals surface area contributed by atoms with E-state index in [1.165, 1.54) is 18.7 Å². The number of ketones is 2. The van der Waals surface area contributed by atoms with E-state index in [-0.39, 0.29) is 89.4 Å². The first-order valence-electron chi connectivity index (χ1n) is 30.3. The first-order chi connectivity index (χ1) is 40.5. The van der Waals surface area contributed by atoms with Gasteiger partial charge in [0.15, 0.2) is 12.0 Å². The molecule has 0 aromatic carbocycles. The van der Waals surface area contributed by atoms with E-state index in [0.717, 1.165) is 5.06 Å². The number of nitrogens with two attached hydrogens (primary N) is 1. The van der Waals surface area contributed by atoms with Gasteiger partial charge in [0, 0.05) is 86.1 Å². The van der Waals surface area contributed by atoms with Crippen LogP contribution in [0.2, 0.25) is 0 Å². The van der Waals surface area contributed by atoms with Crippen LogP contribution in [0.25, 0.3) is 0 Å². The summed E-state index contributed by atoms with van der Waals surface area (Å²) in [6.07, 6.45) is 4.36. The summed E-state index contributed by atoms with van der Waals surface area (Å²) in [5, 5.41) is 48.8. The molecule has 4 rings (SSSR count). The van der Waals surface area contributed by atoms with Crippen molar-refractivity contribution < 1.29 is 73.8 Å². The number of aliphatic hydroxyl groups is 2. The summed E-state index contributed by atoms with van der Waals surface area (Å²) < 4.78 is -0.536. The van der Waals surface area contributed by atoms with E-state index in [9.17, 15) is 53.5 Å². The quantitative estimate of drug-likeness (QED) is 0.0314. The molecule has 0 aliphatic carbocycles. The summed E-state index contributed by atoms with van der Waals surface area (Å²) in [5.74, 6) is -3.90. The Morgan fingerprint density at radius 3 is 1.28 bits per heavy atom. The number of carboxylic acid groups (broad SMARTS) is 1. The molecule has 7 unspecified atom stereocenters. The fraction of sp³-hybridized carbons (Fsp3) is 0.773. The number of nitrogens with zero attached hydrogens (tertiary/aromatic N) is 5. The van der Waals surface area contributed by atoms with E-state index < -0.39 is 73.8 Å². The zero-order chi connectivity index (χ0) is 75.4. The van der Waals surface area contributed by atoms with E-state index in [1.807, 2.05) is 127 Å². The van der Waals surface area contributed by atoms with Crippen LogP contribution in [0.15, 0.2) is 38.0 Å². The molecule has 4 heterocycles. The third-order valence-corrected chi connectivity index (χ3v) is 24.0. The second kappa shape index (κ2) is 35.3. The van der Waals surface area contributed by atoms with Gasteiger partial charge in [0.1, 0.15) is 22.0 Å². The Bertz CT molecular complexity index is 2630. The van der Waals surface area contributed by atoms with Crippen LogP contribution < -0.4 is 11.1 Å². The Kier molecular flexibility index (Phi) is 37.0. The topological polar surface area (TPSA) is 309 Å². The minimum atomic E-state index is -1.54. The molecule has 0 radical (unpaired) electrons. The van der Waals surface area contributed by atoms with Crippen LogP contribution in [0.5, 0.6) is 0 Å². The number of allylic oxidation sites excluding steroid dienone is 2. The average molecular weight is 1790 g/mol. The van der Waals surface area contributed by atoms with Gasteiger partial charge in [-0.25, -0.2) is 9.86 Å². The first-order valence-corrected chi connectivity index (χ1v) is 44.9. The number of hydrogen-bond donors (Lipinski definition) is 7. The van der Waals surface area contributed by atoms with Crippen LogP contribution in [0.3, 0.4) is 0 Å². The molecule has 536 valence electrons. The standard InChI is InChI=1S/C15H27NO.C12H21NO.C10H18O2.C9H16INO2.C9H15N3O6.C7H14O.C4H9NO.3HI.V/c1-10-12(2,3)15(8)11(17)16(9)14(6,7)13(15,4)5;1-8-12(6)9(14)13(7)11(4,5)10(12,2)3;1-6-9(2,3)10(4,5)8(12)7-11;1-7(2)6(12)11(13)9(5,10)8(7,3)4;1-3(10)7(14)11-6(9(16)17)4-2-5(13)12(18)8(4)15;1-5-6(8)7(2,3)4;1-4(6)5(2)3;;;;/h10H,1H2,2-9H3;8H,1H2,2-7H3;6,11H,1,7H2,2-5H3;13H,1-5H3;3-6,13,18H,2,10H2,1H3,(H,11,14)(H,16,17);5H2,1-4H3;1-3H3;3*1H;/q;;;;;;;;;;+3/p-3. The van der Waals surface area contributed by atoms with Gasteiger partial charge in [0.25, 0.3) is 11.8 Å². The number of Topliss-reactive ketones (excluding diaryl/α,β-unsaturated/α-hetero) is 2. The number of halogens is 4. The van der Waals surface area contributed by atoms with Gasteiger partial charge < -0.3 is 41.1 Å². The molecule has 4 fully saturated rings. The number of alkyl halides is 1. The first kappa shape index (κ1) is 96.5. The summed E-state index contributed by atoms with van der Waals surface area (Å²) in [4.78, 5) is 108. The van der Waals surface area contributed by atoms with E-state index in [2.05, 4.69) is 184 Å². The Hall–Kier alpha value is -1.85. The molecule has 4 saturated heterocycles. The molecule has 0 spiro atoms. The molecule has 4 aliphatic rings. The molecule has 0 aromatic rings. The van der Waals surface area contributed by atoms with Crippen molar-refractivity contribution in [1.82, 2.24) is 30.1 Å². The zero-order valence-electron chi connectivity index (χ0n) is 61.5. The molecule has 0 aromatic heterocycles. The van der Waals surface area contributed by atoms with Crippen LogP contribution in [0, 0.1) is 60.1 Å². The summed E-state index contributed by atoms with van der Waals surface area (Å²) in [6.45, 7) is 64.3. The monoisotopic (exact) mass is 1790 g/mol. The van der Waals surface area contributed by atoms with Crippen molar-refractivity contribution in [2.75, 3.05) is 34.8 Å². The van der Waals surface area contributed by atoms with Gasteiger partial charge in [0.05, 0.1) is 28.2 Å². The van der Waals surface area contributed by atoms with Gasteiger partial charge in [-0.2, -0.15) is 5.06 Å². The maximum absolute atomic E-state index is 12.7. The van der Waals surface area contributed by atoms with Crippen LogP contribution >= 0.6 is 82.5 Å². The second-order valence-electron chi connectivity index (χ2n) is 30.3. The summed E-state index contributed by atoms with van der Waals surface area (Å²) in [7, 11) is 7.23. The number of amides is 6. The predicted molar refractivity (Wildman–Crippen MR) is 397 cm³/mol. The van der Waals surface area contributed by atoms with E-state index in [1.54, 1.807) is 26.2 Å². The normalized spacial score (nSPS) is 25.2. The van der Waals surface area contributed by atoms with Crippen LogP contribution in [0.4, 0.5) is 0 Å². The van der Waals surface area contributed by atoms with Gasteiger partial charge in [-0.1, -0.05) is 165 Å². The van der Waals surface area contributed by atoms with Crippen molar-refractivity contribution in [3.8, 4) is 0 Å². The molecule has 0 bridgehead atoms. The van der Waals surface area contributed by atoms with Gasteiger partial charge in [0.2, 0.25) is 23.6 Å². The van der Waals surface area contributed by atoms with Crippen molar-refractivity contribution in [3.63, 3.8) is 0 Å². The minimum absolute atomic E-state index is 0.0542. The summed E-state index contributed by atoms with van der Waals surface area (Å²) in [6, 6.07) is -2.47. The van der Waals surface area contributed by atoms with Crippen LogP contribution in [0.1, 0.15) is 200 Å². The molecule has 8 N–H and O–H groups in total. The molecular formula is C66H120I4N7O14V. The Labute approximate surface area is 604 Å². The van der Waals surface area contributed by atoms with Crippen molar-refractivity contribution >= 4 is 136 Å². The number of aliphatic carboxylic acids is 1. The van der Waals surface area contributed by atoms with Crippen LogP contribution in [-0.2, 0) is 48.1 Å². The molecule has 26 heteroatoms. The number of rotatable bonds is 12. The third-order valence-electron chi connectivity index (χ3n) is 22.2. The summed E-state index contributed by atoms with van der Waals surface area (Å²) >= 11 is 9.52. The SMILES string of the molecule is C=CC(C)(C)C(C)(C)C(=O)CO.C=CC(C)(C)C1(C)C(=O)N(C)C(C)(C)C1(C)C.C=CC1(C)C(=O)N(C)C(C)(C)C1(C)C.CC(=O)N(C)C.CC(N)C(=O)NC(C(=O)O)C1CC(O)N(O)C1=O.CC1(C)C(=O)N(O)C(C)(I)C1(C)C.CCC(=O)C(C)(C)C.[I][V]([I])[I]. The number of hydroxylamine groups is 4. The molecular weight excluding hydrogens is 1670 g/mol. The second-order valence-corrected chi connectivity index (χ2v) is 67.7. The number of carbonyl (C=O) groups is 9. The van der Waals surface area contributed by atoms with E-state index >= 15 is 0 Å². The fourth-order valence-corrected chi connectivity index (χ4v) is 10.9. The number of likely N-dealkylation sites (tertiary alicyclic amines) is 2. The number of carbonyl (C=O) groups excluding carboxylic acids is 8. The van der Waals surface area contributed by atoms with E-state index in [0.29, 0.717) is 12.2 Å². The Morgan fingerprint density at radius 2 is 1.11 bits per heavy atom.